The van der Waals surface area contributed by atoms with Gasteiger partial charge in [0.15, 0.2) is 23.2 Å². The van der Waals surface area contributed by atoms with Gasteiger partial charge in [-0.05, 0) is 54.3 Å². The SMILES string of the molecule is Cc1ccc(Oc2cncc(Cc3ccnc(N)c3F)c2C)c(F)c1. The Morgan fingerprint density at radius 3 is 2.60 bits per heavy atom. The van der Waals surface area contributed by atoms with Crippen LogP contribution in [0, 0.1) is 25.5 Å². The number of rotatable bonds is 4. The quantitative estimate of drug-likeness (QED) is 0.767. The summed E-state index contributed by atoms with van der Waals surface area (Å²) in [6, 6.07) is 6.30. The number of anilines is 1. The molecule has 4 nitrogen and oxygen atoms in total. The van der Waals surface area contributed by atoms with Crippen LogP contribution in [0.25, 0.3) is 0 Å². The molecule has 2 aromatic heterocycles. The summed E-state index contributed by atoms with van der Waals surface area (Å²) in [4.78, 5) is 7.83. The molecule has 3 rings (SSSR count). The first-order valence-electron chi connectivity index (χ1n) is 7.72. The number of ether oxygens (including phenoxy) is 1. The first-order chi connectivity index (χ1) is 12.0. The average Bonchev–Trinajstić information content (AvgIpc) is 2.57. The predicted molar refractivity (Wildman–Crippen MR) is 91.6 cm³/mol. The Morgan fingerprint density at radius 2 is 1.84 bits per heavy atom. The summed E-state index contributed by atoms with van der Waals surface area (Å²) in [5.41, 5.74) is 8.24. The van der Waals surface area contributed by atoms with Crippen molar-refractivity contribution in [1.82, 2.24) is 9.97 Å². The van der Waals surface area contributed by atoms with Crippen LogP contribution in [0.2, 0.25) is 0 Å². The van der Waals surface area contributed by atoms with Crippen molar-refractivity contribution >= 4 is 5.82 Å². The summed E-state index contributed by atoms with van der Waals surface area (Å²) in [7, 11) is 0. The predicted octanol–water partition coefficient (Wildman–Crippen LogP) is 4.34. The summed E-state index contributed by atoms with van der Waals surface area (Å²) in [6.07, 6.45) is 4.88. The summed E-state index contributed by atoms with van der Waals surface area (Å²) in [5.74, 6) is -0.595. The minimum atomic E-state index is -0.544. The van der Waals surface area contributed by atoms with Crippen molar-refractivity contribution in [2.75, 3.05) is 5.73 Å². The van der Waals surface area contributed by atoms with Gasteiger partial charge < -0.3 is 10.5 Å². The van der Waals surface area contributed by atoms with E-state index < -0.39 is 11.6 Å². The summed E-state index contributed by atoms with van der Waals surface area (Å²) in [5, 5.41) is 0. The maximum Gasteiger partial charge on any atom is 0.168 e. The van der Waals surface area contributed by atoms with Crippen molar-refractivity contribution in [3.8, 4) is 11.5 Å². The second-order valence-corrected chi connectivity index (χ2v) is 5.80. The second-order valence-electron chi connectivity index (χ2n) is 5.80. The van der Waals surface area contributed by atoms with Crippen molar-refractivity contribution in [3.63, 3.8) is 0 Å². The van der Waals surface area contributed by atoms with Gasteiger partial charge in [0.1, 0.15) is 5.75 Å². The molecule has 128 valence electrons. The van der Waals surface area contributed by atoms with E-state index in [0.29, 0.717) is 11.3 Å². The maximum atomic E-state index is 14.1. The molecule has 0 saturated carbocycles. The van der Waals surface area contributed by atoms with Crippen LogP contribution >= 0.6 is 0 Å². The van der Waals surface area contributed by atoms with E-state index >= 15 is 0 Å². The normalized spacial score (nSPS) is 10.7. The van der Waals surface area contributed by atoms with Gasteiger partial charge in [0.2, 0.25) is 0 Å². The first kappa shape index (κ1) is 16.8. The zero-order chi connectivity index (χ0) is 18.0. The largest absolute Gasteiger partial charge is 0.452 e. The number of nitrogen functional groups attached to an aromatic ring is 1. The van der Waals surface area contributed by atoms with Crippen molar-refractivity contribution in [2.24, 2.45) is 0 Å². The minimum absolute atomic E-state index is 0.118. The van der Waals surface area contributed by atoms with E-state index in [9.17, 15) is 8.78 Å². The monoisotopic (exact) mass is 341 g/mol. The number of nitrogens with two attached hydrogens (primary N) is 1. The highest BCUT2D eigenvalue weighted by atomic mass is 19.1. The Labute approximate surface area is 144 Å². The number of hydrogen-bond donors (Lipinski definition) is 1. The highest BCUT2D eigenvalue weighted by Gasteiger charge is 2.13. The Bertz CT molecular complexity index is 929. The maximum absolute atomic E-state index is 14.1. The van der Waals surface area contributed by atoms with Crippen LogP contribution in [0.1, 0.15) is 22.3 Å². The lowest BCUT2D eigenvalue weighted by molar-refractivity contribution is 0.437. The zero-order valence-electron chi connectivity index (χ0n) is 13.9. The van der Waals surface area contributed by atoms with Crippen LogP contribution in [-0.2, 0) is 6.42 Å². The highest BCUT2D eigenvalue weighted by molar-refractivity contribution is 5.44. The third-order valence-electron chi connectivity index (χ3n) is 3.96. The molecule has 2 N–H and O–H groups in total. The molecule has 0 amide bonds. The molecular formula is C19H17F2N3O. The van der Waals surface area contributed by atoms with E-state index in [1.807, 2.05) is 6.92 Å². The Kier molecular flexibility index (Phi) is 4.61. The van der Waals surface area contributed by atoms with Crippen LogP contribution in [-0.4, -0.2) is 9.97 Å². The number of nitrogens with zero attached hydrogens (tertiary/aromatic N) is 2. The van der Waals surface area contributed by atoms with Gasteiger partial charge in [-0.2, -0.15) is 0 Å². The molecule has 2 heterocycles. The summed E-state index contributed by atoms with van der Waals surface area (Å²) >= 11 is 0. The van der Waals surface area contributed by atoms with Crippen molar-refractivity contribution < 1.29 is 13.5 Å². The molecule has 3 aromatic rings. The smallest absolute Gasteiger partial charge is 0.168 e. The molecule has 0 fully saturated rings. The van der Waals surface area contributed by atoms with Gasteiger partial charge in [-0.15, -0.1) is 0 Å². The molecule has 0 aliphatic carbocycles. The van der Waals surface area contributed by atoms with Gasteiger partial charge >= 0.3 is 0 Å². The fourth-order valence-electron chi connectivity index (χ4n) is 2.48. The molecular weight excluding hydrogens is 324 g/mol. The molecule has 1 aromatic carbocycles. The standard InChI is InChI=1S/C19H17F2N3O/c1-11-3-4-16(15(20)7-11)25-17-10-23-9-14(12(17)2)8-13-5-6-24-19(22)18(13)21/h3-7,9-10H,8H2,1-2H3,(H2,22,24). The van der Waals surface area contributed by atoms with Gasteiger partial charge in [0, 0.05) is 18.8 Å². The number of pyridine rings is 2. The second kappa shape index (κ2) is 6.84. The van der Waals surface area contributed by atoms with E-state index in [0.717, 1.165) is 16.7 Å². The third kappa shape index (κ3) is 3.57. The van der Waals surface area contributed by atoms with Crippen LogP contribution in [0.4, 0.5) is 14.6 Å². The van der Waals surface area contributed by atoms with Crippen LogP contribution in [0.3, 0.4) is 0 Å². The lowest BCUT2D eigenvalue weighted by Crippen LogP contribution is -2.02. The van der Waals surface area contributed by atoms with Crippen LogP contribution in [0.5, 0.6) is 11.5 Å². The highest BCUT2D eigenvalue weighted by Crippen LogP contribution is 2.29. The van der Waals surface area contributed by atoms with Gasteiger partial charge in [-0.3, -0.25) is 4.98 Å². The Balaban J connectivity index is 1.91. The van der Waals surface area contributed by atoms with Gasteiger partial charge in [-0.1, -0.05) is 6.07 Å². The van der Waals surface area contributed by atoms with Crippen molar-refractivity contribution in [1.29, 1.82) is 0 Å². The molecule has 0 saturated heterocycles. The topological polar surface area (TPSA) is 61.0 Å². The average molecular weight is 341 g/mol. The van der Waals surface area contributed by atoms with E-state index in [1.165, 1.54) is 18.5 Å². The fourth-order valence-corrected chi connectivity index (χ4v) is 2.48. The van der Waals surface area contributed by atoms with E-state index in [2.05, 4.69) is 9.97 Å². The molecule has 25 heavy (non-hydrogen) atoms. The zero-order valence-corrected chi connectivity index (χ0v) is 13.9. The van der Waals surface area contributed by atoms with Crippen LogP contribution in [0.15, 0.2) is 42.9 Å². The number of halogens is 2. The molecule has 6 heteroatoms. The fraction of sp³-hybridized carbons (Fsp3) is 0.158. The number of benzene rings is 1. The van der Waals surface area contributed by atoms with E-state index in [1.54, 1.807) is 31.3 Å². The lowest BCUT2D eigenvalue weighted by atomic mass is 10.0. The molecule has 0 radical (unpaired) electrons. The van der Waals surface area contributed by atoms with Crippen molar-refractivity contribution in [3.05, 3.63) is 76.7 Å². The molecule has 0 aliphatic heterocycles. The number of hydrogen-bond acceptors (Lipinski definition) is 4. The Morgan fingerprint density at radius 1 is 1.04 bits per heavy atom. The van der Waals surface area contributed by atoms with E-state index in [4.69, 9.17) is 10.5 Å². The third-order valence-corrected chi connectivity index (χ3v) is 3.96. The number of aryl methyl sites for hydroxylation is 1. The first-order valence-corrected chi connectivity index (χ1v) is 7.72. The van der Waals surface area contributed by atoms with Gasteiger partial charge in [0.25, 0.3) is 0 Å². The minimum Gasteiger partial charge on any atom is -0.452 e. The van der Waals surface area contributed by atoms with Crippen molar-refractivity contribution in [2.45, 2.75) is 20.3 Å². The number of aromatic nitrogens is 2. The molecule has 0 atom stereocenters. The Hall–Kier alpha value is -3.02. The lowest BCUT2D eigenvalue weighted by Gasteiger charge is -2.13. The molecule has 0 aliphatic rings. The van der Waals surface area contributed by atoms with Gasteiger partial charge in [0.05, 0.1) is 6.20 Å². The van der Waals surface area contributed by atoms with Gasteiger partial charge in [-0.25, -0.2) is 13.8 Å². The molecule has 0 bridgehead atoms. The van der Waals surface area contributed by atoms with Crippen LogP contribution < -0.4 is 10.5 Å². The summed E-state index contributed by atoms with van der Waals surface area (Å²) in [6.45, 7) is 3.62. The molecule has 0 spiro atoms. The summed E-state index contributed by atoms with van der Waals surface area (Å²) < 4.78 is 33.7. The van der Waals surface area contributed by atoms with E-state index in [-0.39, 0.29) is 18.0 Å². The molecule has 0 unspecified atom stereocenters.